The molecule has 0 aliphatic rings. The zero-order valence-corrected chi connectivity index (χ0v) is 40.2. The van der Waals surface area contributed by atoms with Crippen molar-refractivity contribution >= 4 is 11.9 Å². The summed E-state index contributed by atoms with van der Waals surface area (Å²) >= 11 is 0. The van der Waals surface area contributed by atoms with E-state index in [2.05, 4.69) is 80.8 Å². The van der Waals surface area contributed by atoms with Crippen molar-refractivity contribution in [3.05, 3.63) is 97.2 Å². The van der Waals surface area contributed by atoms with Crippen molar-refractivity contribution in [3.63, 3.8) is 0 Å². The van der Waals surface area contributed by atoms with Gasteiger partial charge in [0.05, 0.1) is 25.2 Å². The SMILES string of the molecule is CC/C=C/C=C/C=C\C=C/C=C/CCCCCC(=O)OC(CCCCCCC/C=C/C=C/C=C/CC)CC(=O)NC(CO)C(O)CCCCCCCCCCCCCCCCC. The lowest BCUT2D eigenvalue weighted by Crippen LogP contribution is -2.46. The number of aliphatic hydroxyl groups excluding tert-OH is 2. The first-order valence-corrected chi connectivity index (χ1v) is 25.6. The first-order chi connectivity index (χ1) is 30.5. The molecule has 3 N–H and O–H groups in total. The molecule has 62 heavy (non-hydrogen) atoms. The topological polar surface area (TPSA) is 95.9 Å². The molecule has 3 unspecified atom stereocenters. The number of rotatable bonds is 44. The average Bonchev–Trinajstić information content (AvgIpc) is 3.26. The number of aliphatic hydroxyl groups is 2. The highest BCUT2D eigenvalue weighted by Gasteiger charge is 2.24. The van der Waals surface area contributed by atoms with Crippen LogP contribution in [0.5, 0.6) is 0 Å². The molecule has 0 aliphatic carbocycles. The Morgan fingerprint density at radius 3 is 1.32 bits per heavy atom. The fourth-order valence-corrected chi connectivity index (χ4v) is 7.27. The van der Waals surface area contributed by atoms with E-state index in [9.17, 15) is 19.8 Å². The number of hydrogen-bond acceptors (Lipinski definition) is 5. The molecule has 1 amide bonds. The molecule has 6 nitrogen and oxygen atoms in total. The predicted molar refractivity (Wildman–Crippen MR) is 268 cm³/mol. The van der Waals surface area contributed by atoms with Crippen LogP contribution in [0.3, 0.4) is 0 Å². The van der Waals surface area contributed by atoms with Gasteiger partial charge >= 0.3 is 5.97 Å². The van der Waals surface area contributed by atoms with Gasteiger partial charge in [-0.25, -0.2) is 0 Å². The molecule has 0 aromatic rings. The van der Waals surface area contributed by atoms with Gasteiger partial charge in [0.25, 0.3) is 0 Å². The van der Waals surface area contributed by atoms with Crippen molar-refractivity contribution in [1.29, 1.82) is 0 Å². The minimum atomic E-state index is -0.807. The Kier molecular flexibility index (Phi) is 46.3. The highest BCUT2D eigenvalue weighted by atomic mass is 16.5. The van der Waals surface area contributed by atoms with Crippen molar-refractivity contribution in [2.75, 3.05) is 6.61 Å². The second-order valence-corrected chi connectivity index (χ2v) is 17.0. The van der Waals surface area contributed by atoms with Crippen molar-refractivity contribution in [1.82, 2.24) is 5.32 Å². The average molecular weight is 862 g/mol. The van der Waals surface area contributed by atoms with Gasteiger partial charge in [0.15, 0.2) is 0 Å². The predicted octanol–water partition coefficient (Wildman–Crippen LogP) is 15.3. The first-order valence-electron chi connectivity index (χ1n) is 25.6. The van der Waals surface area contributed by atoms with Crippen LogP contribution in [-0.2, 0) is 14.3 Å². The fourth-order valence-electron chi connectivity index (χ4n) is 7.27. The van der Waals surface area contributed by atoms with Gasteiger partial charge in [0.2, 0.25) is 5.91 Å². The Morgan fingerprint density at radius 1 is 0.484 bits per heavy atom. The molecular weight excluding hydrogens is 767 g/mol. The largest absolute Gasteiger partial charge is 0.462 e. The Morgan fingerprint density at radius 2 is 0.871 bits per heavy atom. The summed E-state index contributed by atoms with van der Waals surface area (Å²) in [7, 11) is 0. The third-order valence-corrected chi connectivity index (χ3v) is 11.1. The normalized spacial score (nSPS) is 14.1. The molecule has 0 fully saturated rings. The minimum absolute atomic E-state index is 0.0410. The maximum absolute atomic E-state index is 13.2. The lowest BCUT2D eigenvalue weighted by Gasteiger charge is -2.24. The summed E-state index contributed by atoms with van der Waals surface area (Å²) in [4.78, 5) is 26.1. The monoisotopic (exact) mass is 862 g/mol. The van der Waals surface area contributed by atoms with E-state index < -0.39 is 18.2 Å². The lowest BCUT2D eigenvalue weighted by atomic mass is 10.0. The van der Waals surface area contributed by atoms with Gasteiger partial charge < -0.3 is 20.3 Å². The van der Waals surface area contributed by atoms with Gasteiger partial charge in [-0.1, -0.05) is 240 Å². The molecule has 0 bridgehead atoms. The van der Waals surface area contributed by atoms with E-state index in [0.717, 1.165) is 96.3 Å². The summed E-state index contributed by atoms with van der Waals surface area (Å²) in [6, 6.07) is -0.723. The van der Waals surface area contributed by atoms with Crippen LogP contribution in [0.2, 0.25) is 0 Å². The Balaban J connectivity index is 4.67. The Labute approximate surface area is 382 Å². The highest BCUT2D eigenvalue weighted by Crippen LogP contribution is 2.17. The van der Waals surface area contributed by atoms with Crippen LogP contribution in [0.4, 0.5) is 0 Å². The smallest absolute Gasteiger partial charge is 0.306 e. The van der Waals surface area contributed by atoms with Crippen LogP contribution in [0.15, 0.2) is 97.2 Å². The van der Waals surface area contributed by atoms with Gasteiger partial charge in [-0.2, -0.15) is 0 Å². The maximum atomic E-state index is 13.2. The zero-order chi connectivity index (χ0) is 45.2. The van der Waals surface area contributed by atoms with Crippen molar-refractivity contribution in [2.45, 2.75) is 238 Å². The van der Waals surface area contributed by atoms with Crippen LogP contribution < -0.4 is 5.32 Å². The summed E-state index contributed by atoms with van der Waals surface area (Å²) < 4.78 is 5.90. The molecule has 0 heterocycles. The summed E-state index contributed by atoms with van der Waals surface area (Å²) in [6.07, 6.45) is 64.6. The van der Waals surface area contributed by atoms with Crippen LogP contribution >= 0.6 is 0 Å². The number of carbonyl (C=O) groups is 2. The van der Waals surface area contributed by atoms with E-state index in [-0.39, 0.29) is 24.9 Å². The van der Waals surface area contributed by atoms with E-state index >= 15 is 0 Å². The van der Waals surface area contributed by atoms with E-state index in [4.69, 9.17) is 4.74 Å². The molecule has 0 rings (SSSR count). The number of hydrogen-bond donors (Lipinski definition) is 3. The zero-order valence-electron chi connectivity index (χ0n) is 40.2. The van der Waals surface area contributed by atoms with Crippen molar-refractivity contribution in [3.8, 4) is 0 Å². The van der Waals surface area contributed by atoms with Crippen LogP contribution in [0.1, 0.15) is 220 Å². The quantitative estimate of drug-likeness (QED) is 0.0322. The molecular formula is C56H95NO5. The van der Waals surface area contributed by atoms with Crippen molar-refractivity contribution < 1.29 is 24.5 Å². The number of ether oxygens (including phenoxy) is 1. The van der Waals surface area contributed by atoms with Gasteiger partial charge in [-0.15, -0.1) is 0 Å². The molecule has 0 aromatic heterocycles. The molecule has 0 saturated heterocycles. The third kappa shape index (κ3) is 43.4. The van der Waals surface area contributed by atoms with E-state index in [1.807, 2.05) is 42.5 Å². The molecule has 3 atom stereocenters. The standard InChI is InChI=1S/C56H95NO5/c1-4-7-10-13-16-19-22-25-27-30-33-36-39-42-45-48-54(59)53(51-58)57-55(60)50-52(47-44-41-38-35-32-29-24-21-18-15-12-9-6-3)62-56(61)49-46-43-40-37-34-31-28-26-23-20-17-14-11-8-5-2/h8-9,11-12,14-15,17-18,20-21,23-24,26,28,31,34,52-54,58-59H,4-7,10,13,16,19,22,25,27,29-30,32-33,35-51H2,1-3H3,(H,57,60)/b11-8+,12-9+,17-14+,18-15+,23-20-,24-21+,28-26-,34-31+. The van der Waals surface area contributed by atoms with Gasteiger partial charge in [-0.05, 0) is 64.2 Å². The molecule has 0 aliphatic heterocycles. The third-order valence-electron chi connectivity index (χ3n) is 11.1. The van der Waals surface area contributed by atoms with Crippen LogP contribution in [0, 0.1) is 0 Å². The number of amides is 1. The number of allylic oxidation sites excluding steroid dienone is 16. The number of esters is 1. The molecule has 0 radical (unpaired) electrons. The number of unbranched alkanes of at least 4 members (excludes halogenated alkanes) is 22. The Hall–Kier alpha value is -3.22. The number of nitrogens with one attached hydrogen (secondary N) is 1. The van der Waals surface area contributed by atoms with Crippen molar-refractivity contribution in [2.24, 2.45) is 0 Å². The molecule has 354 valence electrons. The summed E-state index contributed by atoms with van der Waals surface area (Å²) in [5.74, 6) is -0.550. The molecule has 6 heteroatoms. The molecule has 0 saturated carbocycles. The molecule has 0 aromatic carbocycles. The fraction of sp³-hybridized carbons (Fsp3) is 0.679. The second kappa shape index (κ2) is 48.8. The van der Waals surface area contributed by atoms with E-state index in [1.165, 1.54) is 77.0 Å². The summed E-state index contributed by atoms with van der Waals surface area (Å²) in [6.45, 7) is 6.19. The highest BCUT2D eigenvalue weighted by molar-refractivity contribution is 5.77. The van der Waals surface area contributed by atoms with E-state index in [0.29, 0.717) is 19.3 Å². The Bertz CT molecular complexity index is 1240. The number of carbonyl (C=O) groups excluding carboxylic acids is 2. The second-order valence-electron chi connectivity index (χ2n) is 17.0. The summed E-state index contributed by atoms with van der Waals surface area (Å²) in [5, 5.41) is 23.8. The molecule has 0 spiro atoms. The first kappa shape index (κ1) is 58.8. The minimum Gasteiger partial charge on any atom is -0.462 e. The van der Waals surface area contributed by atoms with E-state index in [1.54, 1.807) is 0 Å². The van der Waals surface area contributed by atoms with Gasteiger partial charge in [-0.3, -0.25) is 9.59 Å². The van der Waals surface area contributed by atoms with Crippen LogP contribution in [-0.4, -0.2) is 46.9 Å². The van der Waals surface area contributed by atoms with Crippen LogP contribution in [0.25, 0.3) is 0 Å². The van der Waals surface area contributed by atoms with Gasteiger partial charge in [0, 0.05) is 6.42 Å². The maximum Gasteiger partial charge on any atom is 0.306 e. The lowest BCUT2D eigenvalue weighted by molar-refractivity contribution is -0.151. The van der Waals surface area contributed by atoms with Gasteiger partial charge in [0.1, 0.15) is 6.10 Å². The summed E-state index contributed by atoms with van der Waals surface area (Å²) in [5.41, 5.74) is 0.